The van der Waals surface area contributed by atoms with E-state index in [9.17, 15) is 29.0 Å². The number of nitrogens with zero attached hydrogens (tertiary/aromatic N) is 1. The topological polar surface area (TPSA) is 127 Å². The molecule has 0 saturated heterocycles. The third-order valence-corrected chi connectivity index (χ3v) is 7.17. The molecule has 10 heteroatoms. The van der Waals surface area contributed by atoms with Crippen LogP contribution in [0.3, 0.4) is 0 Å². The van der Waals surface area contributed by atoms with E-state index in [1.807, 2.05) is 66.9 Å². The highest BCUT2D eigenvalue weighted by Gasteiger charge is 2.31. The molecule has 0 bridgehead atoms. The maximum atomic E-state index is 14.1. The van der Waals surface area contributed by atoms with Crippen LogP contribution in [-0.4, -0.2) is 44.8 Å². The normalized spacial score (nSPS) is 12.4. The van der Waals surface area contributed by atoms with Crippen molar-refractivity contribution < 1.29 is 38.8 Å². The zero-order valence-corrected chi connectivity index (χ0v) is 25.4. The number of halogens is 1. The first kappa shape index (κ1) is 33.1. The van der Waals surface area contributed by atoms with Gasteiger partial charge in [-0.3, -0.25) is 4.79 Å². The molecule has 4 aromatic rings. The number of hydrogen-bond donors (Lipinski definition) is 3. The molecule has 1 heterocycles. The molecule has 0 unspecified atom stereocenters. The molecular weight excluding hydrogens is 579 g/mol. The zero-order chi connectivity index (χ0) is 32.5. The Morgan fingerprint density at radius 3 is 2.07 bits per heavy atom. The summed E-state index contributed by atoms with van der Waals surface area (Å²) in [5, 5.41) is 24.3. The molecule has 0 aliphatic carbocycles. The lowest BCUT2D eigenvalue weighted by molar-refractivity contribution is -0.258. The van der Waals surface area contributed by atoms with Gasteiger partial charge in [0.1, 0.15) is 5.82 Å². The van der Waals surface area contributed by atoms with E-state index in [0.29, 0.717) is 28.1 Å². The number of carbonyl (C=O) groups excluding carboxylic acids is 3. The molecule has 2 atom stereocenters. The van der Waals surface area contributed by atoms with E-state index in [-0.39, 0.29) is 31.2 Å². The molecule has 0 aliphatic rings. The maximum Gasteiger partial charge on any atom is 0.358 e. The Bertz CT molecular complexity index is 1600. The van der Waals surface area contributed by atoms with Gasteiger partial charge in [-0.25, -0.2) is 23.8 Å². The molecule has 1 amide bonds. The van der Waals surface area contributed by atoms with Crippen LogP contribution in [0.25, 0.3) is 22.4 Å². The molecule has 3 N–H and O–H groups in total. The Morgan fingerprint density at radius 1 is 0.844 bits per heavy atom. The smallest absolute Gasteiger partial charge is 0.358 e. The number of para-hydroxylation sites is 1. The summed E-state index contributed by atoms with van der Waals surface area (Å²) in [5.41, 5.74) is 4.63. The van der Waals surface area contributed by atoms with Gasteiger partial charge in [-0.05, 0) is 66.3 Å². The first-order chi connectivity index (χ1) is 21.5. The number of amides is 1. The van der Waals surface area contributed by atoms with Gasteiger partial charge in [-0.1, -0.05) is 62.4 Å². The minimum Gasteiger partial charge on any atom is -0.393 e. The number of carbonyl (C=O) groups is 3. The van der Waals surface area contributed by atoms with E-state index < -0.39 is 36.4 Å². The minimum atomic E-state index is -1.25. The Morgan fingerprint density at radius 2 is 1.47 bits per heavy atom. The number of aromatic nitrogens is 1. The lowest BCUT2D eigenvalue weighted by Crippen LogP contribution is -2.24. The molecular formula is C35H37FN2O7. The van der Waals surface area contributed by atoms with Gasteiger partial charge >= 0.3 is 11.9 Å². The Labute approximate surface area is 261 Å². The van der Waals surface area contributed by atoms with Crippen LogP contribution in [0, 0.1) is 5.82 Å². The van der Waals surface area contributed by atoms with E-state index >= 15 is 0 Å². The van der Waals surface area contributed by atoms with Crippen LogP contribution in [0.1, 0.15) is 62.0 Å². The Kier molecular flexibility index (Phi) is 11.2. The third-order valence-electron chi connectivity index (χ3n) is 7.17. The van der Waals surface area contributed by atoms with Gasteiger partial charge in [0.15, 0.2) is 0 Å². The fraction of sp³-hybridized carbons (Fsp3) is 0.286. The molecule has 0 spiro atoms. The van der Waals surface area contributed by atoms with Gasteiger partial charge in [0, 0.05) is 30.4 Å². The van der Waals surface area contributed by atoms with E-state index in [4.69, 9.17) is 0 Å². The van der Waals surface area contributed by atoms with Crippen molar-refractivity contribution in [2.24, 2.45) is 0 Å². The summed E-state index contributed by atoms with van der Waals surface area (Å²) >= 11 is 0. The number of benzene rings is 3. The van der Waals surface area contributed by atoms with E-state index in [2.05, 4.69) is 15.1 Å². The van der Waals surface area contributed by atoms with Crippen molar-refractivity contribution in [2.45, 2.75) is 64.7 Å². The van der Waals surface area contributed by atoms with Crippen LogP contribution in [0.5, 0.6) is 0 Å². The second kappa shape index (κ2) is 15.3. The molecule has 0 radical (unpaired) electrons. The number of hydrogen-bond acceptors (Lipinski definition) is 7. The molecule has 9 nitrogen and oxygen atoms in total. The molecule has 3 aromatic carbocycles. The molecule has 0 saturated carbocycles. The predicted octanol–water partition coefficient (Wildman–Crippen LogP) is 6.25. The molecule has 4 rings (SSSR count). The monoisotopic (exact) mass is 616 g/mol. The third kappa shape index (κ3) is 8.65. The highest BCUT2D eigenvalue weighted by atomic mass is 19.1. The van der Waals surface area contributed by atoms with Crippen molar-refractivity contribution in [3.8, 4) is 22.4 Å². The average molecular weight is 617 g/mol. The summed E-state index contributed by atoms with van der Waals surface area (Å²) in [5.74, 6) is -2.61. The summed E-state index contributed by atoms with van der Waals surface area (Å²) in [6.07, 6.45) is -2.75. The molecule has 0 fully saturated rings. The lowest BCUT2D eigenvalue weighted by Gasteiger charge is -2.20. The van der Waals surface area contributed by atoms with Gasteiger partial charge in [-0.15, -0.1) is 0 Å². The van der Waals surface area contributed by atoms with Crippen molar-refractivity contribution in [1.29, 1.82) is 0 Å². The number of aliphatic hydroxyl groups excluding tert-OH is 2. The van der Waals surface area contributed by atoms with Gasteiger partial charge in [0.25, 0.3) is 5.91 Å². The number of anilines is 1. The van der Waals surface area contributed by atoms with E-state index in [1.54, 1.807) is 24.3 Å². The van der Waals surface area contributed by atoms with Gasteiger partial charge in [0.2, 0.25) is 0 Å². The zero-order valence-electron chi connectivity index (χ0n) is 25.4. The molecule has 45 heavy (non-hydrogen) atoms. The maximum absolute atomic E-state index is 14.1. The first-order valence-electron chi connectivity index (χ1n) is 14.7. The summed E-state index contributed by atoms with van der Waals surface area (Å²) in [7, 11) is 0. The van der Waals surface area contributed by atoms with Crippen LogP contribution in [0.2, 0.25) is 0 Å². The Hall–Kier alpha value is -4.80. The summed E-state index contributed by atoms with van der Waals surface area (Å²) in [6.45, 7) is 5.26. The molecule has 236 valence electrons. The van der Waals surface area contributed by atoms with Crippen molar-refractivity contribution in [2.75, 3.05) is 5.32 Å². The number of rotatable bonds is 12. The standard InChI is InChI=1S/C35H37FN2O7/c1-22(2)33-32(35(43)37-27-12-8-5-9-13-27)31(24-10-6-4-7-11-24)34(25-14-16-26(36)17-15-25)38(33)19-18-28(40)20-29(41)21-30(42)45-44-23(3)39/h4-17,22,28-29,40-41H,18-21H2,1-3H3,(H,37,43)/t28-,29-/m0/s1. The quantitative estimate of drug-likeness (QED) is 0.127. The highest BCUT2D eigenvalue weighted by molar-refractivity contribution is 6.12. The SMILES string of the molecule is CC(=O)OOC(=O)C[C@@H](O)C[C@@H](O)CCn1c(-c2ccc(F)cc2)c(-c2ccccc2)c(C(=O)Nc2ccccc2)c1C(C)C. The fourth-order valence-corrected chi connectivity index (χ4v) is 5.33. The van der Waals surface area contributed by atoms with Crippen LogP contribution in [0.4, 0.5) is 10.1 Å². The van der Waals surface area contributed by atoms with Crippen LogP contribution >= 0.6 is 0 Å². The summed E-state index contributed by atoms with van der Waals surface area (Å²) < 4.78 is 16.1. The molecule has 0 aliphatic heterocycles. The summed E-state index contributed by atoms with van der Waals surface area (Å²) in [4.78, 5) is 45.3. The van der Waals surface area contributed by atoms with E-state index in [1.165, 1.54) is 12.1 Å². The lowest BCUT2D eigenvalue weighted by atomic mass is 9.94. The number of aliphatic hydroxyl groups is 2. The van der Waals surface area contributed by atoms with Crippen molar-refractivity contribution in [1.82, 2.24) is 4.57 Å². The second-order valence-corrected chi connectivity index (χ2v) is 11.0. The number of nitrogens with one attached hydrogen (secondary N) is 1. The second-order valence-electron chi connectivity index (χ2n) is 11.0. The van der Waals surface area contributed by atoms with Gasteiger partial charge in [-0.2, -0.15) is 0 Å². The minimum absolute atomic E-state index is 0.142. The Balaban J connectivity index is 1.76. The van der Waals surface area contributed by atoms with Crippen molar-refractivity contribution in [3.63, 3.8) is 0 Å². The predicted molar refractivity (Wildman–Crippen MR) is 167 cm³/mol. The van der Waals surface area contributed by atoms with Gasteiger partial charge in [0.05, 0.1) is 29.9 Å². The molecule has 1 aromatic heterocycles. The van der Waals surface area contributed by atoms with Crippen LogP contribution < -0.4 is 5.32 Å². The summed E-state index contributed by atoms with van der Waals surface area (Å²) in [6, 6.07) is 24.6. The largest absolute Gasteiger partial charge is 0.393 e. The van der Waals surface area contributed by atoms with Gasteiger partial charge < -0.3 is 20.1 Å². The highest BCUT2D eigenvalue weighted by Crippen LogP contribution is 2.42. The van der Waals surface area contributed by atoms with E-state index in [0.717, 1.165) is 18.2 Å². The van der Waals surface area contributed by atoms with Crippen LogP contribution in [0.15, 0.2) is 84.9 Å². The first-order valence-corrected chi connectivity index (χ1v) is 14.7. The fourth-order valence-electron chi connectivity index (χ4n) is 5.33. The average Bonchev–Trinajstić information content (AvgIpc) is 3.36. The van der Waals surface area contributed by atoms with Crippen molar-refractivity contribution in [3.05, 3.63) is 102 Å². The van der Waals surface area contributed by atoms with Crippen LogP contribution in [-0.2, 0) is 25.9 Å². The van der Waals surface area contributed by atoms with Crippen molar-refractivity contribution >= 4 is 23.5 Å².